The lowest BCUT2D eigenvalue weighted by molar-refractivity contribution is 1.09. The summed E-state index contributed by atoms with van der Waals surface area (Å²) >= 11 is 0. The Morgan fingerprint density at radius 2 is 1.70 bits per heavy atom. The third-order valence-electron chi connectivity index (χ3n) is 2.87. The summed E-state index contributed by atoms with van der Waals surface area (Å²) in [6.45, 7) is 2.09. The van der Waals surface area contributed by atoms with Gasteiger partial charge in [-0.05, 0) is 43.2 Å². The number of benzene rings is 2. The predicted molar refractivity (Wildman–Crippen MR) is 86.3 cm³/mol. The maximum absolute atomic E-state index is 3.20. The van der Waals surface area contributed by atoms with E-state index in [-0.39, 0.29) is 0 Å². The summed E-state index contributed by atoms with van der Waals surface area (Å²) in [6, 6.07) is 18.5. The third kappa shape index (κ3) is 5.02. The highest BCUT2D eigenvalue weighted by atomic mass is 13.9. The van der Waals surface area contributed by atoms with Crippen molar-refractivity contribution in [3.05, 3.63) is 83.1 Å². The van der Waals surface area contributed by atoms with E-state index in [1.54, 1.807) is 0 Å². The zero-order chi connectivity index (χ0) is 14.0. The molecule has 0 saturated heterocycles. The maximum Gasteiger partial charge on any atom is 0.0245 e. The molecule has 0 radical (unpaired) electrons. The quantitative estimate of drug-likeness (QED) is 0.413. The first-order chi connectivity index (χ1) is 9.84. The minimum Gasteiger partial charge on any atom is -0.125 e. The Hall–Kier alpha value is -2.48. The molecule has 0 bridgehead atoms. The van der Waals surface area contributed by atoms with E-state index >= 15 is 0 Å². The molecule has 0 nitrogen and oxygen atoms in total. The van der Waals surface area contributed by atoms with Crippen LogP contribution in [0.15, 0.2) is 66.4 Å². The van der Waals surface area contributed by atoms with Gasteiger partial charge in [0, 0.05) is 12.0 Å². The number of unbranched alkanes of at least 4 members (excludes halogenated alkanes) is 1. The van der Waals surface area contributed by atoms with Crippen molar-refractivity contribution in [1.29, 1.82) is 0 Å². The van der Waals surface area contributed by atoms with Gasteiger partial charge in [-0.1, -0.05) is 59.9 Å². The molecule has 0 aliphatic carbocycles. The second-order valence-corrected chi connectivity index (χ2v) is 4.63. The van der Waals surface area contributed by atoms with E-state index in [0.29, 0.717) is 0 Å². The van der Waals surface area contributed by atoms with Crippen molar-refractivity contribution in [2.24, 2.45) is 0 Å². The molecule has 2 rings (SSSR count). The van der Waals surface area contributed by atoms with Crippen LogP contribution in [0, 0.1) is 18.8 Å². The van der Waals surface area contributed by atoms with Gasteiger partial charge in [0.2, 0.25) is 0 Å². The van der Waals surface area contributed by atoms with E-state index < -0.39 is 0 Å². The highest BCUT2D eigenvalue weighted by Gasteiger charge is 1.84. The van der Waals surface area contributed by atoms with Gasteiger partial charge in [-0.3, -0.25) is 0 Å². The SMILES string of the molecule is Cc1ccc(C=C=CCCC#Cc2ccccc2)cc1. The molecule has 98 valence electrons. The number of hydrogen-bond donors (Lipinski definition) is 0. The van der Waals surface area contributed by atoms with Crippen LogP contribution in [0.1, 0.15) is 29.5 Å². The van der Waals surface area contributed by atoms with Gasteiger partial charge >= 0.3 is 0 Å². The summed E-state index contributed by atoms with van der Waals surface area (Å²) in [4.78, 5) is 0. The molecule has 2 aromatic rings. The fourth-order valence-electron chi connectivity index (χ4n) is 1.73. The van der Waals surface area contributed by atoms with Gasteiger partial charge in [-0.2, -0.15) is 0 Å². The van der Waals surface area contributed by atoms with Crippen LogP contribution in [-0.4, -0.2) is 0 Å². The molecule has 0 unspecified atom stereocenters. The van der Waals surface area contributed by atoms with E-state index in [9.17, 15) is 0 Å². The average molecular weight is 258 g/mol. The molecule has 0 N–H and O–H groups in total. The largest absolute Gasteiger partial charge is 0.125 e. The molecular weight excluding hydrogens is 240 g/mol. The number of allylic oxidation sites excluding steroid dienone is 1. The summed E-state index contributed by atoms with van der Waals surface area (Å²) in [5.41, 5.74) is 6.74. The molecule has 0 atom stereocenters. The summed E-state index contributed by atoms with van der Waals surface area (Å²) in [7, 11) is 0. The average Bonchev–Trinajstić information content (AvgIpc) is 2.49. The lowest BCUT2D eigenvalue weighted by Gasteiger charge is -1.91. The van der Waals surface area contributed by atoms with Crippen LogP contribution in [-0.2, 0) is 0 Å². The molecule has 0 amide bonds. The molecule has 0 saturated carbocycles. The van der Waals surface area contributed by atoms with Crippen LogP contribution in [0.3, 0.4) is 0 Å². The third-order valence-corrected chi connectivity index (χ3v) is 2.87. The molecule has 0 spiro atoms. The number of rotatable bonds is 3. The Bertz CT molecular complexity index is 643. The van der Waals surface area contributed by atoms with Crippen molar-refractivity contribution < 1.29 is 0 Å². The summed E-state index contributed by atoms with van der Waals surface area (Å²) in [5, 5.41) is 0. The van der Waals surface area contributed by atoms with E-state index in [0.717, 1.165) is 18.4 Å². The minimum atomic E-state index is 0.865. The number of hydrogen-bond acceptors (Lipinski definition) is 0. The van der Waals surface area contributed by atoms with Gasteiger partial charge in [0.25, 0.3) is 0 Å². The molecule has 2 aromatic carbocycles. The lowest BCUT2D eigenvalue weighted by atomic mass is 10.1. The van der Waals surface area contributed by atoms with E-state index in [4.69, 9.17) is 0 Å². The molecule has 0 heterocycles. The van der Waals surface area contributed by atoms with Crippen molar-refractivity contribution in [3.8, 4) is 11.8 Å². The van der Waals surface area contributed by atoms with Crippen LogP contribution in [0.25, 0.3) is 6.08 Å². The zero-order valence-electron chi connectivity index (χ0n) is 11.8. The Kier molecular flexibility index (Phi) is 5.47. The molecule has 0 heteroatoms. The Balaban J connectivity index is 1.80. The smallest absolute Gasteiger partial charge is 0.0245 e. The highest BCUT2D eigenvalue weighted by Crippen LogP contribution is 2.04. The second kappa shape index (κ2) is 7.85. The minimum absolute atomic E-state index is 0.865. The van der Waals surface area contributed by atoms with Gasteiger partial charge in [0.15, 0.2) is 0 Å². The van der Waals surface area contributed by atoms with Crippen molar-refractivity contribution in [3.63, 3.8) is 0 Å². The first kappa shape index (κ1) is 13.9. The van der Waals surface area contributed by atoms with E-state index in [2.05, 4.69) is 48.8 Å². The molecular formula is C20H18. The highest BCUT2D eigenvalue weighted by molar-refractivity contribution is 5.48. The molecule has 0 fully saturated rings. The van der Waals surface area contributed by atoms with Crippen molar-refractivity contribution >= 4 is 6.08 Å². The van der Waals surface area contributed by atoms with Crippen LogP contribution >= 0.6 is 0 Å². The first-order valence-corrected chi connectivity index (χ1v) is 6.86. The van der Waals surface area contributed by atoms with Crippen molar-refractivity contribution in [2.45, 2.75) is 19.8 Å². The standard InChI is InChI=1S/C20H18/c1-18-14-16-20(17-15-18)13-7-4-2-3-6-10-19-11-8-5-9-12-19/h4-5,8-9,11-17H,2-3H2,1H3. The topological polar surface area (TPSA) is 0 Å². The van der Waals surface area contributed by atoms with Gasteiger partial charge in [0.05, 0.1) is 0 Å². The Labute approximate surface area is 121 Å². The van der Waals surface area contributed by atoms with E-state index in [1.807, 2.05) is 42.5 Å². The monoisotopic (exact) mass is 258 g/mol. The number of aryl methyl sites for hydroxylation is 1. The lowest BCUT2D eigenvalue weighted by Crippen LogP contribution is -1.72. The van der Waals surface area contributed by atoms with Crippen LogP contribution in [0.4, 0.5) is 0 Å². The zero-order valence-corrected chi connectivity index (χ0v) is 11.8. The maximum atomic E-state index is 3.20. The summed E-state index contributed by atoms with van der Waals surface area (Å²) in [5.74, 6) is 6.32. The van der Waals surface area contributed by atoms with Crippen LogP contribution in [0.5, 0.6) is 0 Å². The van der Waals surface area contributed by atoms with Crippen molar-refractivity contribution in [1.82, 2.24) is 0 Å². The second-order valence-electron chi connectivity index (χ2n) is 4.63. The van der Waals surface area contributed by atoms with Gasteiger partial charge in [-0.25, -0.2) is 0 Å². The molecule has 20 heavy (non-hydrogen) atoms. The van der Waals surface area contributed by atoms with Crippen LogP contribution in [0.2, 0.25) is 0 Å². The molecule has 0 aliphatic rings. The Morgan fingerprint density at radius 3 is 2.45 bits per heavy atom. The van der Waals surface area contributed by atoms with E-state index in [1.165, 1.54) is 11.1 Å². The molecule has 0 aliphatic heterocycles. The van der Waals surface area contributed by atoms with Gasteiger partial charge < -0.3 is 0 Å². The van der Waals surface area contributed by atoms with Crippen LogP contribution < -0.4 is 0 Å². The fourth-order valence-corrected chi connectivity index (χ4v) is 1.73. The summed E-state index contributed by atoms with van der Waals surface area (Å²) < 4.78 is 0. The van der Waals surface area contributed by atoms with Crippen molar-refractivity contribution in [2.75, 3.05) is 0 Å². The first-order valence-electron chi connectivity index (χ1n) is 6.86. The predicted octanol–water partition coefficient (Wildman–Crippen LogP) is 5.00. The van der Waals surface area contributed by atoms with Gasteiger partial charge in [0.1, 0.15) is 0 Å². The van der Waals surface area contributed by atoms with Gasteiger partial charge in [-0.15, -0.1) is 5.73 Å². The normalized spacial score (nSPS) is 9.05. The summed E-state index contributed by atoms with van der Waals surface area (Å²) in [6.07, 6.45) is 5.84. The fraction of sp³-hybridized carbons (Fsp3) is 0.150. The molecule has 0 aromatic heterocycles. The Morgan fingerprint density at radius 1 is 0.950 bits per heavy atom.